The molecule has 0 spiro atoms. The molecule has 3 aromatic carbocycles. The number of aliphatic hydroxyl groups is 1. The van der Waals surface area contributed by atoms with Crippen molar-refractivity contribution in [2.45, 2.75) is 25.6 Å². The van der Waals surface area contributed by atoms with Gasteiger partial charge in [0.15, 0.2) is 0 Å². The molecular formula is C25H19Cl2F3N2O. The first kappa shape index (κ1) is 23.4. The van der Waals surface area contributed by atoms with Gasteiger partial charge in [-0.1, -0.05) is 59.6 Å². The fourth-order valence-corrected chi connectivity index (χ4v) is 3.78. The van der Waals surface area contributed by atoms with E-state index in [2.05, 4.69) is 4.98 Å². The fourth-order valence-electron chi connectivity index (χ4n) is 3.48. The Hall–Kier alpha value is -2.80. The van der Waals surface area contributed by atoms with E-state index in [0.29, 0.717) is 15.7 Å². The lowest BCUT2D eigenvalue weighted by molar-refractivity contribution is -0.137. The molecule has 0 aliphatic rings. The van der Waals surface area contributed by atoms with Crippen LogP contribution in [0.4, 0.5) is 13.2 Å². The van der Waals surface area contributed by atoms with Gasteiger partial charge in [0, 0.05) is 17.4 Å². The smallest absolute Gasteiger partial charge is 0.384 e. The number of nitrogens with zero attached hydrogens (tertiary/aromatic N) is 2. The van der Waals surface area contributed by atoms with Gasteiger partial charge in [-0.05, 0) is 55.3 Å². The molecule has 0 saturated carbocycles. The first-order valence-electron chi connectivity index (χ1n) is 10.00. The average molecular weight is 491 g/mol. The Morgan fingerprint density at radius 1 is 0.848 bits per heavy atom. The number of hydrogen-bond donors (Lipinski definition) is 1. The summed E-state index contributed by atoms with van der Waals surface area (Å²) in [7, 11) is 0. The highest BCUT2D eigenvalue weighted by atomic mass is 35.5. The number of alkyl halides is 3. The number of hydrogen-bond acceptors (Lipinski definition) is 2. The van der Waals surface area contributed by atoms with Gasteiger partial charge in [0.05, 0.1) is 21.3 Å². The quantitative estimate of drug-likeness (QED) is 0.317. The van der Waals surface area contributed by atoms with Crippen molar-refractivity contribution in [2.24, 2.45) is 0 Å². The number of imidazole rings is 1. The van der Waals surface area contributed by atoms with Gasteiger partial charge in [-0.3, -0.25) is 4.57 Å². The van der Waals surface area contributed by atoms with Crippen LogP contribution >= 0.6 is 23.2 Å². The Kier molecular flexibility index (Phi) is 6.03. The van der Waals surface area contributed by atoms with E-state index >= 15 is 0 Å². The third kappa shape index (κ3) is 4.78. The molecule has 0 unspecified atom stereocenters. The monoisotopic (exact) mass is 490 g/mol. The minimum atomic E-state index is -4.56. The van der Waals surface area contributed by atoms with Crippen molar-refractivity contribution < 1.29 is 18.3 Å². The maximum atomic E-state index is 13.7. The lowest BCUT2D eigenvalue weighted by Gasteiger charge is -2.14. The second-order valence-corrected chi connectivity index (χ2v) is 8.91. The largest absolute Gasteiger partial charge is 0.417 e. The molecule has 0 bridgehead atoms. The first-order chi connectivity index (χ1) is 15.4. The molecule has 1 heterocycles. The zero-order chi connectivity index (χ0) is 24.0. The van der Waals surface area contributed by atoms with Crippen molar-refractivity contribution >= 4 is 23.2 Å². The second kappa shape index (κ2) is 8.52. The summed E-state index contributed by atoms with van der Waals surface area (Å²) in [6, 6.07) is 17.7. The maximum absolute atomic E-state index is 13.7. The fraction of sp³-hybridized carbons (Fsp3) is 0.160. The minimum absolute atomic E-state index is 0.0749. The first-order valence-corrected chi connectivity index (χ1v) is 10.8. The molecule has 4 aromatic rings. The number of aromatic nitrogens is 2. The van der Waals surface area contributed by atoms with Crippen molar-refractivity contribution in [3.05, 3.63) is 94.2 Å². The second-order valence-electron chi connectivity index (χ2n) is 8.10. The third-order valence-corrected chi connectivity index (χ3v) is 5.94. The van der Waals surface area contributed by atoms with Crippen LogP contribution < -0.4 is 0 Å². The van der Waals surface area contributed by atoms with Crippen LogP contribution in [0.1, 0.15) is 25.1 Å². The Morgan fingerprint density at radius 3 is 2.09 bits per heavy atom. The minimum Gasteiger partial charge on any atom is -0.384 e. The van der Waals surface area contributed by atoms with Crippen LogP contribution in [-0.4, -0.2) is 14.7 Å². The van der Waals surface area contributed by atoms with Crippen molar-refractivity contribution in [1.82, 2.24) is 9.55 Å². The molecule has 0 aliphatic heterocycles. The summed E-state index contributed by atoms with van der Waals surface area (Å²) in [5.41, 5.74) is 0.337. The van der Waals surface area contributed by atoms with E-state index in [4.69, 9.17) is 23.2 Å². The van der Waals surface area contributed by atoms with E-state index in [-0.39, 0.29) is 17.1 Å². The van der Waals surface area contributed by atoms with Gasteiger partial charge in [0.2, 0.25) is 0 Å². The maximum Gasteiger partial charge on any atom is 0.417 e. The molecule has 4 rings (SSSR count). The SMILES string of the molecule is CC(C)(O)c1cn(-c2ccc(-c3ccc(Cl)c(Cl)c3)cc2)c(-c2ccccc2C(F)(F)F)n1. The molecule has 1 N–H and O–H groups in total. The summed E-state index contributed by atoms with van der Waals surface area (Å²) in [5.74, 6) is 0.0855. The van der Waals surface area contributed by atoms with Crippen molar-refractivity contribution in [3.8, 4) is 28.2 Å². The van der Waals surface area contributed by atoms with Gasteiger partial charge < -0.3 is 5.11 Å². The van der Waals surface area contributed by atoms with Crippen LogP contribution in [0.5, 0.6) is 0 Å². The lowest BCUT2D eigenvalue weighted by atomic mass is 10.0. The lowest BCUT2D eigenvalue weighted by Crippen LogP contribution is -2.15. The van der Waals surface area contributed by atoms with Crippen LogP contribution in [0.25, 0.3) is 28.2 Å². The van der Waals surface area contributed by atoms with Crippen molar-refractivity contribution in [2.75, 3.05) is 0 Å². The molecule has 0 radical (unpaired) electrons. The van der Waals surface area contributed by atoms with Gasteiger partial charge in [0.1, 0.15) is 11.4 Å². The summed E-state index contributed by atoms with van der Waals surface area (Å²) in [5, 5.41) is 11.3. The summed E-state index contributed by atoms with van der Waals surface area (Å²) in [6.07, 6.45) is -3.00. The van der Waals surface area contributed by atoms with E-state index < -0.39 is 17.3 Å². The topological polar surface area (TPSA) is 38.0 Å². The molecule has 1 aromatic heterocycles. The van der Waals surface area contributed by atoms with Gasteiger partial charge in [0.25, 0.3) is 0 Å². The summed E-state index contributed by atoms with van der Waals surface area (Å²) < 4.78 is 42.7. The Bertz CT molecular complexity index is 1310. The predicted octanol–water partition coefficient (Wildman–Crippen LogP) is 7.76. The molecule has 0 saturated heterocycles. The Labute approximate surface area is 199 Å². The molecule has 33 heavy (non-hydrogen) atoms. The Morgan fingerprint density at radius 2 is 1.48 bits per heavy atom. The standard InChI is InChI=1S/C25H19Cl2F3N2O/c1-24(2,33)22-14-32(23(31-22)18-5-3-4-6-19(18)25(28,29)30)17-10-7-15(8-11-17)16-9-12-20(26)21(27)13-16/h3-14,33H,1-2H3. The predicted molar refractivity (Wildman–Crippen MR) is 125 cm³/mol. The molecule has 0 atom stereocenters. The van der Waals surface area contributed by atoms with Gasteiger partial charge >= 0.3 is 6.18 Å². The average Bonchev–Trinajstić information content (AvgIpc) is 3.21. The van der Waals surface area contributed by atoms with E-state index in [1.165, 1.54) is 32.0 Å². The zero-order valence-corrected chi connectivity index (χ0v) is 19.2. The highest BCUT2D eigenvalue weighted by Crippen LogP contribution is 2.38. The Balaban J connectivity index is 1.85. The molecule has 8 heteroatoms. The summed E-state index contributed by atoms with van der Waals surface area (Å²) >= 11 is 12.1. The van der Waals surface area contributed by atoms with Crippen molar-refractivity contribution in [1.29, 1.82) is 0 Å². The highest BCUT2D eigenvalue weighted by Gasteiger charge is 2.35. The zero-order valence-electron chi connectivity index (χ0n) is 17.7. The highest BCUT2D eigenvalue weighted by molar-refractivity contribution is 6.42. The van der Waals surface area contributed by atoms with Gasteiger partial charge in [-0.25, -0.2) is 4.98 Å². The molecule has 0 amide bonds. The third-order valence-electron chi connectivity index (χ3n) is 5.20. The number of halogens is 5. The van der Waals surface area contributed by atoms with Crippen LogP contribution in [0.15, 0.2) is 72.9 Å². The van der Waals surface area contributed by atoms with Crippen LogP contribution in [-0.2, 0) is 11.8 Å². The number of benzene rings is 3. The summed E-state index contributed by atoms with van der Waals surface area (Å²) in [6.45, 7) is 3.07. The van der Waals surface area contributed by atoms with E-state index in [0.717, 1.165) is 17.2 Å². The normalized spacial score (nSPS) is 12.2. The van der Waals surface area contributed by atoms with E-state index in [9.17, 15) is 18.3 Å². The van der Waals surface area contributed by atoms with Crippen LogP contribution in [0.3, 0.4) is 0 Å². The molecular weight excluding hydrogens is 472 g/mol. The molecule has 0 aliphatic carbocycles. The van der Waals surface area contributed by atoms with Crippen molar-refractivity contribution in [3.63, 3.8) is 0 Å². The van der Waals surface area contributed by atoms with Crippen LogP contribution in [0.2, 0.25) is 10.0 Å². The summed E-state index contributed by atoms with van der Waals surface area (Å²) in [4.78, 5) is 4.39. The van der Waals surface area contributed by atoms with Gasteiger partial charge in [-0.2, -0.15) is 13.2 Å². The van der Waals surface area contributed by atoms with Gasteiger partial charge in [-0.15, -0.1) is 0 Å². The molecule has 3 nitrogen and oxygen atoms in total. The van der Waals surface area contributed by atoms with Crippen LogP contribution in [0, 0.1) is 0 Å². The number of rotatable bonds is 4. The molecule has 170 valence electrons. The van der Waals surface area contributed by atoms with E-state index in [1.807, 2.05) is 18.2 Å². The van der Waals surface area contributed by atoms with E-state index in [1.54, 1.807) is 35.0 Å². The molecule has 0 fully saturated rings.